The fourth-order valence-electron chi connectivity index (χ4n) is 5.80. The van der Waals surface area contributed by atoms with Gasteiger partial charge in [-0.05, 0) is 53.4 Å². The Kier molecular flexibility index (Phi) is 6.75. The number of carboxylic acid groups (broad SMARTS) is 1. The third kappa shape index (κ3) is 5.04. The Morgan fingerprint density at radius 1 is 0.829 bits per heavy atom. The van der Waals surface area contributed by atoms with E-state index in [1.807, 2.05) is 24.3 Å². The first kappa shape index (κ1) is 23.4. The zero-order chi connectivity index (χ0) is 24.4. The zero-order valence-corrected chi connectivity index (χ0v) is 19.7. The van der Waals surface area contributed by atoms with Crippen molar-refractivity contribution in [2.45, 2.75) is 38.0 Å². The molecule has 7 nitrogen and oxygen atoms in total. The molecule has 2 aromatic rings. The van der Waals surface area contributed by atoms with E-state index in [9.17, 15) is 14.4 Å². The number of rotatable bonds is 8. The van der Waals surface area contributed by atoms with Crippen LogP contribution in [-0.4, -0.2) is 42.8 Å². The Bertz CT molecular complexity index is 1070. The monoisotopic (exact) mass is 476 g/mol. The average molecular weight is 477 g/mol. The summed E-state index contributed by atoms with van der Waals surface area (Å²) in [4.78, 5) is 36.4. The molecule has 3 N–H and O–H groups in total. The van der Waals surface area contributed by atoms with Crippen molar-refractivity contribution < 1.29 is 24.2 Å². The van der Waals surface area contributed by atoms with E-state index in [1.165, 1.54) is 22.3 Å². The van der Waals surface area contributed by atoms with Crippen LogP contribution in [0.3, 0.4) is 0 Å². The number of nitrogens with one attached hydrogen (secondary N) is 2. The molecular formula is C28H32N2O5. The number of fused-ring (bicyclic) bond motifs is 3. The molecular weight excluding hydrogens is 444 g/mol. The van der Waals surface area contributed by atoms with Crippen molar-refractivity contribution in [3.63, 3.8) is 0 Å². The largest absolute Gasteiger partial charge is 0.481 e. The third-order valence-electron chi connectivity index (χ3n) is 7.88. The van der Waals surface area contributed by atoms with E-state index in [1.54, 1.807) is 0 Å². The van der Waals surface area contributed by atoms with Crippen LogP contribution in [0.2, 0.25) is 0 Å². The van der Waals surface area contributed by atoms with Gasteiger partial charge in [-0.2, -0.15) is 0 Å². The summed E-state index contributed by atoms with van der Waals surface area (Å²) >= 11 is 0. The lowest BCUT2D eigenvalue weighted by molar-refractivity contribution is -0.139. The summed E-state index contributed by atoms with van der Waals surface area (Å²) in [5.74, 6) is -1.20. The van der Waals surface area contributed by atoms with Gasteiger partial charge in [-0.3, -0.25) is 9.59 Å². The molecule has 0 spiro atoms. The minimum Gasteiger partial charge on any atom is -0.481 e. The Labute approximate surface area is 205 Å². The van der Waals surface area contributed by atoms with Crippen molar-refractivity contribution in [3.8, 4) is 11.1 Å². The highest BCUT2D eigenvalue weighted by atomic mass is 16.5. The highest BCUT2D eigenvalue weighted by Crippen LogP contribution is 2.44. The van der Waals surface area contributed by atoms with Crippen LogP contribution >= 0.6 is 0 Å². The summed E-state index contributed by atoms with van der Waals surface area (Å²) in [5, 5.41) is 14.9. The minimum absolute atomic E-state index is 0.0124. The van der Waals surface area contributed by atoms with Crippen LogP contribution in [0.1, 0.15) is 49.1 Å². The van der Waals surface area contributed by atoms with E-state index in [2.05, 4.69) is 34.9 Å². The lowest BCUT2D eigenvalue weighted by Crippen LogP contribution is -2.42. The Morgan fingerprint density at radius 3 is 2.11 bits per heavy atom. The van der Waals surface area contributed by atoms with Crippen molar-refractivity contribution in [1.82, 2.24) is 10.6 Å². The summed E-state index contributed by atoms with van der Waals surface area (Å²) in [6, 6.07) is 16.5. The van der Waals surface area contributed by atoms with E-state index in [0.717, 1.165) is 25.7 Å². The van der Waals surface area contributed by atoms with Gasteiger partial charge in [-0.15, -0.1) is 0 Å². The molecule has 0 saturated heterocycles. The topological polar surface area (TPSA) is 105 Å². The van der Waals surface area contributed by atoms with Gasteiger partial charge in [-0.1, -0.05) is 61.4 Å². The molecule has 3 aliphatic rings. The first-order chi connectivity index (χ1) is 17.0. The van der Waals surface area contributed by atoms with Crippen LogP contribution in [0, 0.1) is 23.7 Å². The number of carbonyl (C=O) groups excluding carboxylic acids is 2. The van der Waals surface area contributed by atoms with Gasteiger partial charge in [-0.25, -0.2) is 4.79 Å². The molecule has 4 atom stereocenters. The average Bonchev–Trinajstić information content (AvgIpc) is 3.60. The maximum absolute atomic E-state index is 12.8. The summed E-state index contributed by atoms with van der Waals surface area (Å²) in [7, 11) is 0. The van der Waals surface area contributed by atoms with E-state index < -0.39 is 12.1 Å². The summed E-state index contributed by atoms with van der Waals surface area (Å²) < 4.78 is 5.64. The van der Waals surface area contributed by atoms with Crippen molar-refractivity contribution in [2.24, 2.45) is 23.7 Å². The number of amides is 2. The number of aliphatic carboxylic acids is 1. The first-order valence-corrected chi connectivity index (χ1v) is 12.6. The van der Waals surface area contributed by atoms with Gasteiger partial charge in [0.1, 0.15) is 6.61 Å². The van der Waals surface area contributed by atoms with Gasteiger partial charge < -0.3 is 20.5 Å². The van der Waals surface area contributed by atoms with Crippen molar-refractivity contribution in [1.29, 1.82) is 0 Å². The summed E-state index contributed by atoms with van der Waals surface area (Å²) in [6.45, 7) is 1.08. The van der Waals surface area contributed by atoms with Crippen LogP contribution in [0.5, 0.6) is 0 Å². The van der Waals surface area contributed by atoms with Crippen LogP contribution in [0.25, 0.3) is 11.1 Å². The number of hydrogen-bond acceptors (Lipinski definition) is 4. The fraction of sp³-hybridized carbons (Fsp3) is 0.464. The predicted octanol–water partition coefficient (Wildman–Crippen LogP) is 4.17. The van der Waals surface area contributed by atoms with Crippen LogP contribution in [0.15, 0.2) is 48.5 Å². The molecule has 2 saturated carbocycles. The van der Waals surface area contributed by atoms with Crippen molar-refractivity contribution in [3.05, 3.63) is 59.7 Å². The third-order valence-corrected chi connectivity index (χ3v) is 7.88. The second kappa shape index (κ2) is 10.1. The second-order valence-corrected chi connectivity index (χ2v) is 10.0. The fourth-order valence-corrected chi connectivity index (χ4v) is 5.80. The molecule has 0 heterocycles. The van der Waals surface area contributed by atoms with Gasteiger partial charge >= 0.3 is 12.1 Å². The number of carboxylic acids is 1. The molecule has 3 aliphatic carbocycles. The van der Waals surface area contributed by atoms with E-state index in [4.69, 9.17) is 9.84 Å². The molecule has 0 radical (unpaired) electrons. The van der Waals surface area contributed by atoms with E-state index in [0.29, 0.717) is 19.5 Å². The normalized spacial score (nSPS) is 24.7. The molecule has 2 aromatic carbocycles. The number of carbonyl (C=O) groups is 3. The smallest absolute Gasteiger partial charge is 0.407 e. The molecule has 2 amide bonds. The molecule has 184 valence electrons. The molecule has 0 bridgehead atoms. The van der Waals surface area contributed by atoms with Gasteiger partial charge in [0.2, 0.25) is 5.91 Å². The number of hydrogen-bond donors (Lipinski definition) is 3. The first-order valence-electron chi connectivity index (χ1n) is 12.6. The molecule has 0 aromatic heterocycles. The Balaban J connectivity index is 1.12. The number of benzene rings is 2. The minimum atomic E-state index is -0.785. The summed E-state index contributed by atoms with van der Waals surface area (Å²) in [5.41, 5.74) is 4.72. The molecule has 2 fully saturated rings. The molecule has 7 heteroatoms. The van der Waals surface area contributed by atoms with Crippen LogP contribution in [0.4, 0.5) is 4.79 Å². The SMILES string of the molecule is O=C(NC[C@H]1CCCC[C@H]1C(=O)NC[C@H]1C[C@H]1C(=O)O)OCC1c2ccccc2-c2ccccc21. The van der Waals surface area contributed by atoms with Gasteiger partial charge in [0.05, 0.1) is 5.92 Å². The van der Waals surface area contributed by atoms with Crippen LogP contribution in [-0.2, 0) is 14.3 Å². The zero-order valence-electron chi connectivity index (χ0n) is 19.7. The lowest BCUT2D eigenvalue weighted by atomic mass is 9.78. The standard InChI is InChI=1S/C28H32N2O5/c31-26(29-15-18-13-24(18)27(32)33)19-8-2-1-7-17(19)14-30-28(34)35-16-25-22-11-5-3-9-20(22)21-10-4-6-12-23(21)25/h3-6,9-12,17-19,24-25H,1-2,7-8,13-16H2,(H,29,31)(H,30,34)(H,32,33)/t17-,18-,19-,24-/m1/s1. The molecule has 35 heavy (non-hydrogen) atoms. The highest BCUT2D eigenvalue weighted by Gasteiger charge is 2.43. The second-order valence-electron chi connectivity index (χ2n) is 10.0. The van der Waals surface area contributed by atoms with Gasteiger partial charge in [0, 0.05) is 24.9 Å². The van der Waals surface area contributed by atoms with Crippen molar-refractivity contribution in [2.75, 3.05) is 19.7 Å². The maximum atomic E-state index is 12.8. The molecule has 0 unspecified atom stereocenters. The number of ether oxygens (including phenoxy) is 1. The van der Waals surface area contributed by atoms with Gasteiger partial charge in [0.25, 0.3) is 0 Å². The van der Waals surface area contributed by atoms with Crippen LogP contribution < -0.4 is 10.6 Å². The highest BCUT2D eigenvalue weighted by molar-refractivity contribution is 5.80. The predicted molar refractivity (Wildman–Crippen MR) is 131 cm³/mol. The molecule has 0 aliphatic heterocycles. The maximum Gasteiger partial charge on any atom is 0.407 e. The van der Waals surface area contributed by atoms with E-state index in [-0.39, 0.29) is 42.1 Å². The number of alkyl carbamates (subject to hydrolysis) is 1. The quantitative estimate of drug-likeness (QED) is 0.531. The van der Waals surface area contributed by atoms with Gasteiger partial charge in [0.15, 0.2) is 0 Å². The lowest BCUT2D eigenvalue weighted by Gasteiger charge is -2.30. The molecule has 5 rings (SSSR count). The Morgan fingerprint density at radius 2 is 1.46 bits per heavy atom. The van der Waals surface area contributed by atoms with E-state index >= 15 is 0 Å². The van der Waals surface area contributed by atoms with Crippen molar-refractivity contribution >= 4 is 18.0 Å². The summed E-state index contributed by atoms with van der Waals surface area (Å²) in [6.07, 6.45) is 3.86. The Hall–Kier alpha value is -3.35.